The number of H-pyrrole nitrogens is 1. The molecule has 2 heterocycles. The molecule has 0 aromatic carbocycles. The average Bonchev–Trinajstić information content (AvgIpc) is 2.89. The van der Waals surface area contributed by atoms with Gasteiger partial charge in [-0.15, -0.1) is 0 Å². The number of nitrogens with one attached hydrogen (secondary N) is 2. The van der Waals surface area contributed by atoms with Crippen molar-refractivity contribution in [1.82, 2.24) is 15.2 Å². The Morgan fingerprint density at radius 1 is 1.35 bits per heavy atom. The lowest BCUT2D eigenvalue weighted by molar-refractivity contribution is -0.137. The summed E-state index contributed by atoms with van der Waals surface area (Å²) in [6.45, 7) is 3.73. The molecule has 0 bridgehead atoms. The van der Waals surface area contributed by atoms with Crippen molar-refractivity contribution in [1.29, 1.82) is 0 Å². The lowest BCUT2D eigenvalue weighted by Gasteiger charge is -2.26. The number of aromatic amines is 1. The van der Waals surface area contributed by atoms with E-state index in [4.69, 9.17) is 4.74 Å². The van der Waals surface area contributed by atoms with E-state index >= 15 is 0 Å². The fraction of sp³-hybridized carbons (Fsp3) is 0.583. The minimum Gasteiger partial charge on any atom is -0.379 e. The van der Waals surface area contributed by atoms with E-state index in [1.807, 2.05) is 0 Å². The topological polar surface area (TPSA) is 57.4 Å². The number of morpholine rings is 1. The molecule has 112 valence electrons. The third-order valence-corrected chi connectivity index (χ3v) is 3.11. The Labute approximate surface area is 114 Å². The smallest absolute Gasteiger partial charge is 0.379 e. The first-order valence-corrected chi connectivity index (χ1v) is 6.31. The van der Waals surface area contributed by atoms with E-state index in [2.05, 4.69) is 15.2 Å². The first-order valence-electron chi connectivity index (χ1n) is 6.31. The van der Waals surface area contributed by atoms with Gasteiger partial charge in [-0.2, -0.15) is 13.2 Å². The van der Waals surface area contributed by atoms with Crippen molar-refractivity contribution >= 4 is 5.91 Å². The van der Waals surface area contributed by atoms with Gasteiger partial charge in [-0.05, 0) is 0 Å². The van der Waals surface area contributed by atoms with Gasteiger partial charge in [0.1, 0.15) is 0 Å². The second-order valence-corrected chi connectivity index (χ2v) is 4.49. The van der Waals surface area contributed by atoms with Crippen LogP contribution in [-0.4, -0.2) is 55.2 Å². The van der Waals surface area contributed by atoms with Gasteiger partial charge in [0.15, 0.2) is 0 Å². The number of ether oxygens (including phenoxy) is 1. The van der Waals surface area contributed by atoms with Crippen LogP contribution in [0.5, 0.6) is 0 Å². The zero-order chi connectivity index (χ0) is 14.6. The van der Waals surface area contributed by atoms with Crippen molar-refractivity contribution in [2.75, 3.05) is 39.4 Å². The summed E-state index contributed by atoms with van der Waals surface area (Å²) in [6.07, 6.45) is -2.68. The number of hydrogen-bond donors (Lipinski definition) is 2. The standard InChI is InChI=1S/C12H16F3N3O2/c13-12(14,15)10-8-16-7-9(10)11(19)17-1-2-18-3-5-20-6-4-18/h7-8,16H,1-6H2,(H,17,19). The number of aromatic nitrogens is 1. The van der Waals surface area contributed by atoms with E-state index in [9.17, 15) is 18.0 Å². The number of carbonyl (C=O) groups excluding carboxylic acids is 1. The van der Waals surface area contributed by atoms with Gasteiger partial charge < -0.3 is 15.0 Å². The molecular formula is C12H16F3N3O2. The summed E-state index contributed by atoms with van der Waals surface area (Å²) in [7, 11) is 0. The maximum absolute atomic E-state index is 12.6. The highest BCUT2D eigenvalue weighted by molar-refractivity contribution is 5.95. The highest BCUT2D eigenvalue weighted by atomic mass is 19.4. The lowest BCUT2D eigenvalue weighted by Crippen LogP contribution is -2.41. The van der Waals surface area contributed by atoms with Gasteiger partial charge >= 0.3 is 6.18 Å². The van der Waals surface area contributed by atoms with Crippen LogP contribution in [0.1, 0.15) is 15.9 Å². The molecule has 1 saturated heterocycles. The van der Waals surface area contributed by atoms with Crippen molar-refractivity contribution in [2.45, 2.75) is 6.18 Å². The van der Waals surface area contributed by atoms with E-state index in [0.29, 0.717) is 26.3 Å². The average molecular weight is 291 g/mol. The Hall–Kier alpha value is -1.54. The molecule has 1 aliphatic rings. The van der Waals surface area contributed by atoms with Crippen LogP contribution >= 0.6 is 0 Å². The van der Waals surface area contributed by atoms with Crippen LogP contribution in [0.2, 0.25) is 0 Å². The summed E-state index contributed by atoms with van der Waals surface area (Å²) in [5.74, 6) is -0.716. The van der Waals surface area contributed by atoms with Crippen LogP contribution in [0.25, 0.3) is 0 Å². The van der Waals surface area contributed by atoms with Crippen LogP contribution in [0.3, 0.4) is 0 Å². The van der Waals surface area contributed by atoms with Crippen LogP contribution in [0.4, 0.5) is 13.2 Å². The molecule has 0 unspecified atom stereocenters. The molecule has 1 aliphatic heterocycles. The van der Waals surface area contributed by atoms with E-state index in [1.54, 1.807) is 0 Å². The van der Waals surface area contributed by atoms with Crippen LogP contribution in [-0.2, 0) is 10.9 Å². The Morgan fingerprint density at radius 2 is 2.05 bits per heavy atom. The summed E-state index contributed by atoms with van der Waals surface area (Å²) in [4.78, 5) is 16.1. The summed E-state index contributed by atoms with van der Waals surface area (Å²) in [6, 6.07) is 0. The van der Waals surface area contributed by atoms with Gasteiger partial charge in [-0.25, -0.2) is 0 Å². The molecule has 1 aromatic rings. The zero-order valence-electron chi connectivity index (χ0n) is 10.8. The second kappa shape index (κ2) is 6.27. The van der Waals surface area contributed by atoms with Crippen LogP contribution < -0.4 is 5.32 Å². The fourth-order valence-corrected chi connectivity index (χ4v) is 2.03. The van der Waals surface area contributed by atoms with Crippen LogP contribution in [0, 0.1) is 0 Å². The van der Waals surface area contributed by atoms with Crippen molar-refractivity contribution in [3.05, 3.63) is 23.5 Å². The second-order valence-electron chi connectivity index (χ2n) is 4.49. The van der Waals surface area contributed by atoms with Gasteiger partial charge in [0.25, 0.3) is 5.91 Å². The zero-order valence-corrected chi connectivity index (χ0v) is 10.8. The van der Waals surface area contributed by atoms with Crippen molar-refractivity contribution < 1.29 is 22.7 Å². The van der Waals surface area contributed by atoms with Gasteiger partial charge in [-0.3, -0.25) is 9.69 Å². The van der Waals surface area contributed by atoms with E-state index in [-0.39, 0.29) is 5.56 Å². The number of alkyl halides is 3. The molecule has 0 atom stereocenters. The predicted octanol–water partition coefficient (Wildman–Crippen LogP) is 1.10. The Morgan fingerprint density at radius 3 is 2.70 bits per heavy atom. The van der Waals surface area contributed by atoms with Gasteiger partial charge in [-0.1, -0.05) is 0 Å². The Balaban J connectivity index is 1.84. The molecule has 0 saturated carbocycles. The van der Waals surface area contributed by atoms with Gasteiger partial charge in [0, 0.05) is 38.6 Å². The fourth-order valence-electron chi connectivity index (χ4n) is 2.03. The van der Waals surface area contributed by atoms with Gasteiger partial charge in [0.05, 0.1) is 24.3 Å². The molecule has 0 aliphatic carbocycles. The number of carbonyl (C=O) groups is 1. The van der Waals surface area contributed by atoms with Crippen molar-refractivity contribution in [3.63, 3.8) is 0 Å². The van der Waals surface area contributed by atoms with E-state index in [1.165, 1.54) is 0 Å². The van der Waals surface area contributed by atoms with Gasteiger partial charge in [0.2, 0.25) is 0 Å². The van der Waals surface area contributed by atoms with E-state index in [0.717, 1.165) is 25.5 Å². The molecule has 1 fully saturated rings. The summed E-state index contributed by atoms with van der Waals surface area (Å²) in [5.41, 5.74) is -1.32. The Kier molecular flexibility index (Phi) is 4.66. The molecule has 2 rings (SSSR count). The highest BCUT2D eigenvalue weighted by Crippen LogP contribution is 2.31. The third kappa shape index (κ3) is 3.73. The molecule has 20 heavy (non-hydrogen) atoms. The predicted molar refractivity (Wildman–Crippen MR) is 65.4 cm³/mol. The highest BCUT2D eigenvalue weighted by Gasteiger charge is 2.35. The number of hydrogen-bond acceptors (Lipinski definition) is 3. The quantitative estimate of drug-likeness (QED) is 0.873. The van der Waals surface area contributed by atoms with Crippen molar-refractivity contribution in [2.24, 2.45) is 0 Å². The molecule has 8 heteroatoms. The molecular weight excluding hydrogens is 275 g/mol. The first-order chi connectivity index (χ1) is 9.48. The maximum atomic E-state index is 12.6. The van der Waals surface area contributed by atoms with E-state index < -0.39 is 17.6 Å². The molecule has 0 spiro atoms. The molecule has 0 radical (unpaired) electrons. The third-order valence-electron chi connectivity index (χ3n) is 3.11. The number of nitrogens with zero attached hydrogens (tertiary/aromatic N) is 1. The summed E-state index contributed by atoms with van der Waals surface area (Å²) >= 11 is 0. The lowest BCUT2D eigenvalue weighted by atomic mass is 10.2. The normalized spacial score (nSPS) is 17.1. The summed E-state index contributed by atoms with van der Waals surface area (Å²) < 4.78 is 43.1. The minimum absolute atomic E-state index is 0.307. The minimum atomic E-state index is -4.53. The largest absolute Gasteiger partial charge is 0.418 e. The molecule has 1 aromatic heterocycles. The maximum Gasteiger partial charge on any atom is 0.418 e. The monoisotopic (exact) mass is 291 g/mol. The number of halogens is 3. The van der Waals surface area contributed by atoms with Crippen LogP contribution in [0.15, 0.2) is 12.4 Å². The molecule has 1 amide bonds. The molecule has 5 nitrogen and oxygen atoms in total. The number of rotatable bonds is 4. The Bertz CT molecular complexity index is 453. The first kappa shape index (κ1) is 14.9. The molecule has 2 N–H and O–H groups in total. The number of amides is 1. The van der Waals surface area contributed by atoms with Crippen molar-refractivity contribution in [3.8, 4) is 0 Å². The SMILES string of the molecule is O=C(NCCN1CCOCC1)c1c[nH]cc1C(F)(F)F. The summed E-state index contributed by atoms with van der Waals surface area (Å²) in [5, 5.41) is 2.50.